The van der Waals surface area contributed by atoms with Gasteiger partial charge in [0.15, 0.2) is 0 Å². The van der Waals surface area contributed by atoms with Crippen molar-refractivity contribution in [3.8, 4) is 0 Å². The van der Waals surface area contributed by atoms with E-state index in [2.05, 4.69) is 11.6 Å². The molecule has 1 aromatic rings. The topological polar surface area (TPSA) is 68.7 Å². The van der Waals surface area contributed by atoms with Crippen LogP contribution in [0.3, 0.4) is 0 Å². The highest BCUT2D eigenvalue weighted by Gasteiger charge is 2.15. The average molecular weight is 312 g/mol. The summed E-state index contributed by atoms with van der Waals surface area (Å²) in [5.74, 6) is -0.713. The molecule has 0 unspecified atom stereocenters. The van der Waals surface area contributed by atoms with E-state index >= 15 is 0 Å². The zero-order valence-corrected chi connectivity index (χ0v) is 13.1. The summed E-state index contributed by atoms with van der Waals surface area (Å²) < 4.78 is 9.82. The summed E-state index contributed by atoms with van der Waals surface area (Å²) in [4.78, 5) is 29.1. The minimum absolute atomic E-state index is 0.159. The van der Waals surface area contributed by atoms with Crippen molar-refractivity contribution in [2.45, 2.75) is 20.4 Å². The normalized spacial score (nSPS) is 10.4. The molecule has 0 atom stereocenters. The fourth-order valence-electron chi connectivity index (χ4n) is 1.65. The number of carbonyl (C=O) groups is 2. The predicted octanol–water partition coefficient (Wildman–Crippen LogP) is 1.87. The van der Waals surface area contributed by atoms with Crippen molar-refractivity contribution in [2.75, 3.05) is 26.3 Å². The number of ether oxygens (including phenoxy) is 2. The van der Waals surface area contributed by atoms with E-state index in [0.29, 0.717) is 37.0 Å². The molecule has 6 nitrogen and oxygen atoms in total. The fraction of sp³-hybridized carbons (Fsp3) is 0.500. The summed E-state index contributed by atoms with van der Waals surface area (Å²) in [6, 6.07) is 0. The molecule has 0 spiro atoms. The van der Waals surface area contributed by atoms with Gasteiger partial charge in [0.2, 0.25) is 5.01 Å². The van der Waals surface area contributed by atoms with Crippen LogP contribution in [0.15, 0.2) is 18.0 Å². The lowest BCUT2D eigenvalue weighted by molar-refractivity contribution is -0.144. The summed E-state index contributed by atoms with van der Waals surface area (Å²) in [5.41, 5.74) is 0.717. The highest BCUT2D eigenvalue weighted by molar-refractivity contribution is 7.11. The fourth-order valence-corrected chi connectivity index (χ4v) is 2.35. The number of hydrogen-bond acceptors (Lipinski definition) is 7. The van der Waals surface area contributed by atoms with Crippen LogP contribution in [0, 0.1) is 0 Å². The molecule has 1 rings (SSSR count). The van der Waals surface area contributed by atoms with Gasteiger partial charge in [-0.1, -0.05) is 6.08 Å². The third-order valence-corrected chi connectivity index (χ3v) is 3.30. The Morgan fingerprint density at radius 1 is 1.38 bits per heavy atom. The van der Waals surface area contributed by atoms with E-state index < -0.39 is 5.97 Å². The van der Waals surface area contributed by atoms with E-state index in [0.717, 1.165) is 0 Å². The number of rotatable bonds is 9. The van der Waals surface area contributed by atoms with Crippen LogP contribution in [0.25, 0.3) is 0 Å². The molecule has 0 saturated carbocycles. The van der Waals surface area contributed by atoms with Crippen LogP contribution in [-0.4, -0.2) is 48.1 Å². The third kappa shape index (κ3) is 6.05. The average Bonchev–Trinajstić information content (AvgIpc) is 2.88. The molecule has 0 fully saturated rings. The van der Waals surface area contributed by atoms with Crippen LogP contribution in [-0.2, 0) is 20.8 Å². The van der Waals surface area contributed by atoms with Crippen molar-refractivity contribution < 1.29 is 19.1 Å². The molecular weight excluding hydrogens is 292 g/mol. The Kier molecular flexibility index (Phi) is 7.63. The zero-order chi connectivity index (χ0) is 15.7. The standard InChI is InChI=1S/C14H20N2O4S/c1-4-7-16(9-12(17)19-5-2)8-11-10-21-13(15-11)14(18)20-6-3/h4,10H,1,5-9H2,2-3H3. The first-order valence-corrected chi connectivity index (χ1v) is 7.59. The quantitative estimate of drug-likeness (QED) is 0.512. The Labute approximate surface area is 128 Å². The maximum atomic E-state index is 11.6. The van der Waals surface area contributed by atoms with Crippen molar-refractivity contribution in [2.24, 2.45) is 0 Å². The minimum atomic E-state index is -0.422. The van der Waals surface area contributed by atoms with Crippen molar-refractivity contribution in [3.05, 3.63) is 28.7 Å². The van der Waals surface area contributed by atoms with Gasteiger partial charge in [-0.25, -0.2) is 9.78 Å². The number of thiazole rings is 1. The number of esters is 2. The molecule has 0 saturated heterocycles. The lowest BCUT2D eigenvalue weighted by atomic mass is 10.4. The lowest BCUT2D eigenvalue weighted by Crippen LogP contribution is -2.31. The van der Waals surface area contributed by atoms with Crippen LogP contribution in [0.2, 0.25) is 0 Å². The summed E-state index contributed by atoms with van der Waals surface area (Å²) in [7, 11) is 0. The first kappa shape index (κ1) is 17.3. The molecule has 0 aliphatic carbocycles. The molecule has 0 N–H and O–H groups in total. The molecule has 0 aromatic carbocycles. The second-order valence-corrected chi connectivity index (χ2v) is 4.99. The molecule has 0 amide bonds. The molecule has 0 aliphatic rings. The van der Waals surface area contributed by atoms with Gasteiger partial charge >= 0.3 is 11.9 Å². The van der Waals surface area contributed by atoms with E-state index in [9.17, 15) is 9.59 Å². The SMILES string of the molecule is C=CCN(CC(=O)OCC)Cc1csc(C(=O)OCC)n1. The van der Waals surface area contributed by atoms with Gasteiger partial charge in [0.05, 0.1) is 25.5 Å². The van der Waals surface area contributed by atoms with Gasteiger partial charge in [-0.05, 0) is 13.8 Å². The van der Waals surface area contributed by atoms with Crippen LogP contribution in [0.1, 0.15) is 29.3 Å². The van der Waals surface area contributed by atoms with Crippen LogP contribution in [0.5, 0.6) is 0 Å². The van der Waals surface area contributed by atoms with E-state index in [1.807, 2.05) is 4.90 Å². The first-order valence-electron chi connectivity index (χ1n) is 6.71. The second kappa shape index (κ2) is 9.25. The summed E-state index contributed by atoms with van der Waals surface area (Å²) in [5, 5.41) is 2.11. The number of aromatic nitrogens is 1. The molecule has 0 radical (unpaired) electrons. The molecule has 116 valence electrons. The van der Waals surface area contributed by atoms with Gasteiger partial charge in [-0.15, -0.1) is 17.9 Å². The van der Waals surface area contributed by atoms with Crippen LogP contribution in [0.4, 0.5) is 0 Å². The maximum Gasteiger partial charge on any atom is 0.367 e. The smallest absolute Gasteiger partial charge is 0.367 e. The molecule has 1 heterocycles. The van der Waals surface area contributed by atoms with E-state index in [1.54, 1.807) is 25.3 Å². The molecule has 1 aromatic heterocycles. The largest absolute Gasteiger partial charge is 0.465 e. The van der Waals surface area contributed by atoms with E-state index in [1.165, 1.54) is 11.3 Å². The summed E-state index contributed by atoms with van der Waals surface area (Å²) in [6.07, 6.45) is 1.71. The Morgan fingerprint density at radius 2 is 2.10 bits per heavy atom. The summed E-state index contributed by atoms with van der Waals surface area (Å²) in [6.45, 7) is 8.99. The number of carbonyl (C=O) groups excluding carboxylic acids is 2. The monoisotopic (exact) mass is 312 g/mol. The van der Waals surface area contributed by atoms with Gasteiger partial charge in [0.1, 0.15) is 0 Å². The molecular formula is C14H20N2O4S. The summed E-state index contributed by atoms with van der Waals surface area (Å²) >= 11 is 1.23. The van der Waals surface area contributed by atoms with Crippen molar-refractivity contribution in [3.63, 3.8) is 0 Å². The molecule has 0 bridgehead atoms. The van der Waals surface area contributed by atoms with Gasteiger partial charge in [0, 0.05) is 18.5 Å². The second-order valence-electron chi connectivity index (χ2n) is 4.13. The Hall–Kier alpha value is -1.73. The van der Waals surface area contributed by atoms with Crippen molar-refractivity contribution >= 4 is 23.3 Å². The highest BCUT2D eigenvalue weighted by atomic mass is 32.1. The molecule has 7 heteroatoms. The van der Waals surface area contributed by atoms with Gasteiger partial charge in [-0.3, -0.25) is 9.69 Å². The van der Waals surface area contributed by atoms with Crippen molar-refractivity contribution in [1.82, 2.24) is 9.88 Å². The first-order chi connectivity index (χ1) is 10.1. The lowest BCUT2D eigenvalue weighted by Gasteiger charge is -2.18. The number of hydrogen-bond donors (Lipinski definition) is 0. The van der Waals surface area contributed by atoms with E-state index in [4.69, 9.17) is 9.47 Å². The van der Waals surface area contributed by atoms with Crippen molar-refractivity contribution in [1.29, 1.82) is 0 Å². The Bertz CT molecular complexity index is 487. The molecule has 0 aliphatic heterocycles. The van der Waals surface area contributed by atoms with E-state index in [-0.39, 0.29) is 12.5 Å². The third-order valence-electron chi connectivity index (χ3n) is 2.43. The van der Waals surface area contributed by atoms with Gasteiger partial charge in [-0.2, -0.15) is 0 Å². The zero-order valence-electron chi connectivity index (χ0n) is 12.3. The highest BCUT2D eigenvalue weighted by Crippen LogP contribution is 2.13. The van der Waals surface area contributed by atoms with Crippen LogP contribution < -0.4 is 0 Å². The Morgan fingerprint density at radius 3 is 2.71 bits per heavy atom. The Balaban J connectivity index is 2.64. The van der Waals surface area contributed by atoms with Gasteiger partial charge < -0.3 is 9.47 Å². The predicted molar refractivity (Wildman–Crippen MR) is 80.2 cm³/mol. The minimum Gasteiger partial charge on any atom is -0.465 e. The number of nitrogens with zero attached hydrogens (tertiary/aromatic N) is 2. The van der Waals surface area contributed by atoms with Crippen LogP contribution >= 0.6 is 11.3 Å². The van der Waals surface area contributed by atoms with Gasteiger partial charge in [0.25, 0.3) is 0 Å². The molecule has 21 heavy (non-hydrogen) atoms. The maximum absolute atomic E-state index is 11.6.